The third-order valence-corrected chi connectivity index (χ3v) is 5.09. The first-order valence-corrected chi connectivity index (χ1v) is 8.56. The summed E-state index contributed by atoms with van der Waals surface area (Å²) < 4.78 is 0. The Morgan fingerprint density at radius 1 is 1.14 bits per heavy atom. The summed E-state index contributed by atoms with van der Waals surface area (Å²) in [5, 5.41) is 4.85. The molecule has 114 valence electrons. The highest BCUT2D eigenvalue weighted by atomic mass is 32.1. The van der Waals surface area contributed by atoms with Gasteiger partial charge in [-0.05, 0) is 63.8 Å². The fraction of sp³-hybridized carbons (Fsp3) is 0.500. The second kappa shape index (κ2) is 7.19. The van der Waals surface area contributed by atoms with Crippen LogP contribution in [0.25, 0.3) is 0 Å². The minimum Gasteiger partial charge on any atom is -0.309 e. The fourth-order valence-corrected chi connectivity index (χ4v) is 3.62. The molecule has 1 aromatic carbocycles. The molecule has 2 rings (SSSR count). The number of rotatable bonds is 6. The minimum atomic E-state index is 0.373. The molecule has 21 heavy (non-hydrogen) atoms. The molecule has 1 N–H and O–H groups in total. The number of aryl methyl sites for hydroxylation is 4. The lowest BCUT2D eigenvalue weighted by atomic mass is 9.99. The zero-order valence-electron chi connectivity index (χ0n) is 13.8. The van der Waals surface area contributed by atoms with Gasteiger partial charge in [0, 0.05) is 10.9 Å². The van der Waals surface area contributed by atoms with Crippen LogP contribution in [0.15, 0.2) is 18.2 Å². The summed E-state index contributed by atoms with van der Waals surface area (Å²) in [6, 6.07) is 7.18. The van der Waals surface area contributed by atoms with Gasteiger partial charge in [-0.3, -0.25) is 0 Å². The summed E-state index contributed by atoms with van der Waals surface area (Å²) in [5.41, 5.74) is 5.31. The van der Waals surface area contributed by atoms with E-state index in [4.69, 9.17) is 0 Å². The van der Waals surface area contributed by atoms with Crippen molar-refractivity contribution in [1.29, 1.82) is 0 Å². The Morgan fingerprint density at radius 2 is 1.90 bits per heavy atom. The molecular formula is C18H26N2S. The molecule has 0 saturated heterocycles. The first-order valence-electron chi connectivity index (χ1n) is 7.74. The van der Waals surface area contributed by atoms with Crippen molar-refractivity contribution < 1.29 is 0 Å². The molecule has 0 saturated carbocycles. The van der Waals surface area contributed by atoms with Gasteiger partial charge in [0.05, 0.1) is 10.7 Å². The maximum absolute atomic E-state index is 4.59. The van der Waals surface area contributed by atoms with Crippen molar-refractivity contribution in [2.45, 2.75) is 53.5 Å². The van der Waals surface area contributed by atoms with E-state index in [1.807, 2.05) is 11.3 Å². The summed E-state index contributed by atoms with van der Waals surface area (Å²) in [6.07, 6.45) is 2.18. The number of hydrogen-bond acceptors (Lipinski definition) is 3. The van der Waals surface area contributed by atoms with Crippen LogP contribution in [0, 0.1) is 27.7 Å². The lowest BCUT2D eigenvalue weighted by Gasteiger charge is -2.18. The van der Waals surface area contributed by atoms with Crippen LogP contribution in [-0.2, 0) is 6.42 Å². The Hall–Kier alpha value is -1.19. The lowest BCUT2D eigenvalue weighted by molar-refractivity contribution is 0.533. The van der Waals surface area contributed by atoms with E-state index in [9.17, 15) is 0 Å². The number of benzene rings is 1. The van der Waals surface area contributed by atoms with E-state index in [0.29, 0.717) is 6.04 Å². The van der Waals surface area contributed by atoms with Gasteiger partial charge in [0.1, 0.15) is 0 Å². The lowest BCUT2D eigenvalue weighted by Crippen LogP contribution is -2.24. The third kappa shape index (κ3) is 4.14. The molecule has 1 aromatic heterocycles. The van der Waals surface area contributed by atoms with Crippen LogP contribution in [-0.4, -0.2) is 11.5 Å². The average molecular weight is 302 g/mol. The molecule has 1 heterocycles. The predicted octanol–water partition coefficient (Wildman–Crippen LogP) is 4.66. The SMILES string of the molecule is CCCNC(Cc1ccc(C)c(C)c1)c1sc(C)nc1C. The Balaban J connectivity index is 2.23. The number of nitrogens with zero attached hydrogens (tertiary/aromatic N) is 1. The van der Waals surface area contributed by atoms with Gasteiger partial charge in [0.15, 0.2) is 0 Å². The van der Waals surface area contributed by atoms with Gasteiger partial charge in [-0.25, -0.2) is 4.98 Å². The van der Waals surface area contributed by atoms with Crippen molar-refractivity contribution in [3.8, 4) is 0 Å². The normalized spacial score (nSPS) is 12.6. The molecular weight excluding hydrogens is 276 g/mol. The summed E-state index contributed by atoms with van der Waals surface area (Å²) in [4.78, 5) is 5.98. The Labute approximate surface area is 132 Å². The molecule has 0 fully saturated rings. The Morgan fingerprint density at radius 3 is 2.48 bits per heavy atom. The predicted molar refractivity (Wildman–Crippen MR) is 92.2 cm³/mol. The van der Waals surface area contributed by atoms with Crippen molar-refractivity contribution >= 4 is 11.3 Å². The van der Waals surface area contributed by atoms with Crippen molar-refractivity contribution in [1.82, 2.24) is 10.3 Å². The molecule has 3 heteroatoms. The maximum Gasteiger partial charge on any atom is 0.0900 e. The summed E-state index contributed by atoms with van der Waals surface area (Å²) in [5.74, 6) is 0. The summed E-state index contributed by atoms with van der Waals surface area (Å²) in [6.45, 7) is 11.8. The van der Waals surface area contributed by atoms with Gasteiger partial charge >= 0.3 is 0 Å². The second-order valence-electron chi connectivity index (χ2n) is 5.81. The minimum absolute atomic E-state index is 0.373. The van der Waals surface area contributed by atoms with E-state index < -0.39 is 0 Å². The first kappa shape index (κ1) is 16.2. The van der Waals surface area contributed by atoms with E-state index in [2.05, 4.69) is 63.1 Å². The molecule has 0 radical (unpaired) electrons. The van der Waals surface area contributed by atoms with Crippen molar-refractivity contribution in [3.63, 3.8) is 0 Å². The van der Waals surface area contributed by atoms with Crippen LogP contribution in [0.1, 0.15) is 51.7 Å². The van der Waals surface area contributed by atoms with Crippen molar-refractivity contribution in [2.24, 2.45) is 0 Å². The smallest absolute Gasteiger partial charge is 0.0900 e. The van der Waals surface area contributed by atoms with Gasteiger partial charge in [0.25, 0.3) is 0 Å². The zero-order chi connectivity index (χ0) is 15.4. The fourth-order valence-electron chi connectivity index (χ4n) is 2.61. The zero-order valence-corrected chi connectivity index (χ0v) is 14.6. The number of nitrogens with one attached hydrogen (secondary N) is 1. The summed E-state index contributed by atoms with van der Waals surface area (Å²) >= 11 is 1.83. The highest BCUT2D eigenvalue weighted by molar-refractivity contribution is 7.11. The number of aromatic nitrogens is 1. The van der Waals surface area contributed by atoms with Crippen molar-refractivity contribution in [2.75, 3.05) is 6.54 Å². The van der Waals surface area contributed by atoms with E-state index in [1.165, 1.54) is 27.3 Å². The Kier molecular flexibility index (Phi) is 5.54. The van der Waals surface area contributed by atoms with Crippen LogP contribution in [0.2, 0.25) is 0 Å². The Bertz CT molecular complexity index is 601. The van der Waals surface area contributed by atoms with Crippen LogP contribution in [0.5, 0.6) is 0 Å². The molecule has 0 bridgehead atoms. The van der Waals surface area contributed by atoms with Gasteiger partial charge in [-0.2, -0.15) is 0 Å². The van der Waals surface area contributed by atoms with Gasteiger partial charge < -0.3 is 5.32 Å². The molecule has 0 aliphatic heterocycles. The molecule has 1 atom stereocenters. The van der Waals surface area contributed by atoms with Crippen LogP contribution in [0.4, 0.5) is 0 Å². The van der Waals surface area contributed by atoms with E-state index in [1.54, 1.807) is 0 Å². The number of thiazole rings is 1. The maximum atomic E-state index is 4.59. The van der Waals surface area contributed by atoms with Gasteiger partial charge in [-0.15, -0.1) is 11.3 Å². The summed E-state index contributed by atoms with van der Waals surface area (Å²) in [7, 11) is 0. The first-order chi connectivity index (χ1) is 10.0. The van der Waals surface area contributed by atoms with Crippen molar-refractivity contribution in [3.05, 3.63) is 50.5 Å². The van der Waals surface area contributed by atoms with Crippen LogP contribution < -0.4 is 5.32 Å². The molecule has 0 amide bonds. The highest BCUT2D eigenvalue weighted by Gasteiger charge is 2.17. The topological polar surface area (TPSA) is 24.9 Å². The molecule has 0 aliphatic carbocycles. The molecule has 0 spiro atoms. The molecule has 0 aliphatic rings. The quantitative estimate of drug-likeness (QED) is 0.839. The average Bonchev–Trinajstić information content (AvgIpc) is 2.77. The molecule has 1 unspecified atom stereocenters. The molecule has 2 nitrogen and oxygen atoms in total. The van der Waals surface area contributed by atoms with E-state index in [-0.39, 0.29) is 0 Å². The van der Waals surface area contributed by atoms with Gasteiger partial charge in [-0.1, -0.05) is 25.1 Å². The number of hydrogen-bond donors (Lipinski definition) is 1. The highest BCUT2D eigenvalue weighted by Crippen LogP contribution is 2.28. The standard InChI is InChI=1S/C18H26N2S/c1-6-9-19-17(18-14(4)20-15(5)21-18)11-16-8-7-12(2)13(3)10-16/h7-8,10,17,19H,6,9,11H2,1-5H3. The monoisotopic (exact) mass is 302 g/mol. The third-order valence-electron chi connectivity index (χ3n) is 3.91. The second-order valence-corrected chi connectivity index (χ2v) is 7.05. The van der Waals surface area contributed by atoms with Crippen LogP contribution in [0.3, 0.4) is 0 Å². The van der Waals surface area contributed by atoms with Gasteiger partial charge in [0.2, 0.25) is 0 Å². The van der Waals surface area contributed by atoms with Crippen LogP contribution >= 0.6 is 11.3 Å². The van der Waals surface area contributed by atoms with E-state index >= 15 is 0 Å². The molecule has 2 aromatic rings. The largest absolute Gasteiger partial charge is 0.309 e. The van der Waals surface area contributed by atoms with E-state index in [0.717, 1.165) is 24.4 Å².